The van der Waals surface area contributed by atoms with Gasteiger partial charge >= 0.3 is 0 Å². The highest BCUT2D eigenvalue weighted by atomic mass is 19.3. The minimum absolute atomic E-state index is 0.158. The Morgan fingerprint density at radius 2 is 2.25 bits per heavy atom. The molecule has 0 saturated heterocycles. The van der Waals surface area contributed by atoms with Gasteiger partial charge in [0.25, 0.3) is 12.3 Å². The molecule has 0 N–H and O–H groups in total. The number of nitrogens with zero attached hydrogens (tertiary/aromatic N) is 1. The summed E-state index contributed by atoms with van der Waals surface area (Å²) in [5.41, 5.74) is 0. The van der Waals surface area contributed by atoms with E-state index in [4.69, 9.17) is 0 Å². The van der Waals surface area contributed by atoms with Crippen molar-refractivity contribution in [1.82, 2.24) is 0 Å². The molecule has 6 heteroatoms. The Hall–Kier alpha value is -1.13. The number of amides is 1. The van der Waals surface area contributed by atoms with E-state index in [1.54, 1.807) is 0 Å². The van der Waals surface area contributed by atoms with Gasteiger partial charge in [-0.25, -0.2) is 13.6 Å². The molecule has 0 spiro atoms. The predicted octanol–water partition coefficient (Wildman–Crippen LogP) is 0.521. The van der Waals surface area contributed by atoms with Crippen LogP contribution in [0.15, 0.2) is 4.99 Å². The number of halogens is 2. The second-order valence-electron chi connectivity index (χ2n) is 1.81. The molecule has 0 aromatic heterocycles. The Bertz CT molecular complexity index is 189. The summed E-state index contributed by atoms with van der Waals surface area (Å²) in [6, 6.07) is 0. The van der Waals surface area contributed by atoms with E-state index in [2.05, 4.69) is 9.73 Å². The summed E-state index contributed by atoms with van der Waals surface area (Å²) in [6.45, 7) is -0.869. The van der Waals surface area contributed by atoms with Crippen molar-refractivity contribution < 1.29 is 23.1 Å². The van der Waals surface area contributed by atoms with Crippen molar-refractivity contribution in [1.29, 1.82) is 0 Å². The highest BCUT2D eigenvalue weighted by molar-refractivity contribution is 5.81. The van der Waals surface area contributed by atoms with E-state index in [-0.39, 0.29) is 13.0 Å². The molecule has 0 radical (unpaired) electrons. The molecular weight excluding hydrogens is 172 g/mol. The minimum atomic E-state index is -2.55. The van der Waals surface area contributed by atoms with Crippen LogP contribution in [0.5, 0.6) is 0 Å². The van der Waals surface area contributed by atoms with E-state index >= 15 is 0 Å². The third-order valence-corrected chi connectivity index (χ3v) is 0.874. The molecule has 0 aliphatic rings. The fourth-order valence-electron chi connectivity index (χ4n) is 0.439. The molecule has 0 saturated carbocycles. The second kappa shape index (κ2) is 6.57. The lowest BCUT2D eigenvalue weighted by Crippen LogP contribution is -2.07. The highest BCUT2D eigenvalue weighted by Gasteiger charge is 2.03. The first-order chi connectivity index (χ1) is 5.66. The molecule has 0 aliphatic heterocycles. The van der Waals surface area contributed by atoms with Crippen LogP contribution >= 0.6 is 0 Å². The Balaban J connectivity index is 3.31. The molecule has 0 aromatic carbocycles. The molecule has 0 atom stereocenters. The van der Waals surface area contributed by atoms with Crippen LogP contribution in [-0.4, -0.2) is 31.6 Å². The number of isocyanates is 1. The predicted molar refractivity (Wildman–Crippen MR) is 34.6 cm³/mol. The normalized spacial score (nSPS) is 9.58. The van der Waals surface area contributed by atoms with Crippen molar-refractivity contribution in [2.24, 2.45) is 4.99 Å². The van der Waals surface area contributed by atoms with Crippen LogP contribution in [0, 0.1) is 0 Å². The molecule has 0 unspecified atom stereocenters. The SMILES string of the molecule is O=C=NC(=O)CCOCC(F)F. The van der Waals surface area contributed by atoms with Crippen LogP contribution in [0.25, 0.3) is 0 Å². The lowest BCUT2D eigenvalue weighted by Gasteiger charge is -1.99. The van der Waals surface area contributed by atoms with Gasteiger partial charge in [-0.2, -0.15) is 0 Å². The Morgan fingerprint density at radius 3 is 2.75 bits per heavy atom. The number of hydrogen-bond acceptors (Lipinski definition) is 3. The molecule has 4 nitrogen and oxygen atoms in total. The summed E-state index contributed by atoms with van der Waals surface area (Å²) in [4.78, 5) is 22.6. The fourth-order valence-corrected chi connectivity index (χ4v) is 0.439. The summed E-state index contributed by atoms with van der Waals surface area (Å²) in [7, 11) is 0. The highest BCUT2D eigenvalue weighted by Crippen LogP contribution is 1.93. The van der Waals surface area contributed by atoms with Gasteiger partial charge in [0.15, 0.2) is 0 Å². The summed E-state index contributed by atoms with van der Waals surface area (Å²) in [6.07, 6.45) is -1.69. The van der Waals surface area contributed by atoms with Gasteiger partial charge in [-0.15, -0.1) is 4.99 Å². The van der Waals surface area contributed by atoms with Crippen LogP contribution < -0.4 is 0 Å². The first kappa shape index (κ1) is 10.9. The summed E-state index contributed by atoms with van der Waals surface area (Å²) >= 11 is 0. The minimum Gasteiger partial charge on any atom is -0.375 e. The maximum atomic E-state index is 11.4. The van der Waals surface area contributed by atoms with Crippen molar-refractivity contribution in [3.05, 3.63) is 0 Å². The van der Waals surface area contributed by atoms with Crippen LogP contribution in [0.3, 0.4) is 0 Å². The van der Waals surface area contributed by atoms with E-state index < -0.39 is 18.9 Å². The van der Waals surface area contributed by atoms with E-state index in [1.165, 1.54) is 0 Å². The van der Waals surface area contributed by atoms with Crippen LogP contribution in [-0.2, 0) is 14.3 Å². The number of carbonyl (C=O) groups is 1. The largest absolute Gasteiger partial charge is 0.375 e. The Morgan fingerprint density at radius 1 is 1.58 bits per heavy atom. The first-order valence-electron chi connectivity index (χ1n) is 3.13. The molecule has 0 heterocycles. The summed E-state index contributed by atoms with van der Waals surface area (Å²) in [5, 5.41) is 0. The van der Waals surface area contributed by atoms with E-state index in [0.29, 0.717) is 0 Å². The van der Waals surface area contributed by atoms with Gasteiger partial charge in [0.1, 0.15) is 6.61 Å². The second-order valence-corrected chi connectivity index (χ2v) is 1.81. The van der Waals surface area contributed by atoms with Crippen LogP contribution in [0.2, 0.25) is 0 Å². The van der Waals surface area contributed by atoms with E-state index in [1.807, 2.05) is 0 Å². The molecular formula is C6H7F2NO3. The number of rotatable bonds is 5. The molecule has 0 fully saturated rings. The number of alkyl halides is 2. The number of ether oxygens (including phenoxy) is 1. The van der Waals surface area contributed by atoms with Crippen molar-refractivity contribution in [2.45, 2.75) is 12.8 Å². The zero-order chi connectivity index (χ0) is 9.40. The number of carbonyl (C=O) groups excluding carboxylic acids is 2. The summed E-state index contributed by atoms with van der Waals surface area (Å²) < 4.78 is 27.2. The third-order valence-electron chi connectivity index (χ3n) is 0.874. The van der Waals surface area contributed by atoms with Gasteiger partial charge in [0.2, 0.25) is 6.08 Å². The lowest BCUT2D eigenvalue weighted by atomic mass is 10.4. The van der Waals surface area contributed by atoms with Gasteiger partial charge in [-0.05, 0) is 0 Å². The topological polar surface area (TPSA) is 55.7 Å². The van der Waals surface area contributed by atoms with Crippen molar-refractivity contribution in [2.75, 3.05) is 13.2 Å². The van der Waals surface area contributed by atoms with Crippen molar-refractivity contribution in [3.63, 3.8) is 0 Å². The molecule has 0 bridgehead atoms. The van der Waals surface area contributed by atoms with Crippen LogP contribution in [0.1, 0.15) is 6.42 Å². The molecule has 68 valence electrons. The van der Waals surface area contributed by atoms with E-state index in [0.717, 1.165) is 6.08 Å². The molecule has 0 aliphatic carbocycles. The maximum Gasteiger partial charge on any atom is 0.261 e. The molecule has 0 aromatic rings. The zero-order valence-corrected chi connectivity index (χ0v) is 6.13. The quantitative estimate of drug-likeness (QED) is 0.351. The van der Waals surface area contributed by atoms with Gasteiger partial charge in [0.05, 0.1) is 13.0 Å². The average molecular weight is 179 g/mol. The van der Waals surface area contributed by atoms with Crippen molar-refractivity contribution >= 4 is 12.0 Å². The third kappa shape index (κ3) is 6.98. The maximum absolute atomic E-state index is 11.4. The van der Waals surface area contributed by atoms with E-state index in [9.17, 15) is 18.4 Å². The molecule has 12 heavy (non-hydrogen) atoms. The monoisotopic (exact) mass is 179 g/mol. The zero-order valence-electron chi connectivity index (χ0n) is 6.13. The smallest absolute Gasteiger partial charge is 0.261 e. The Labute approximate surface area is 67.2 Å². The number of hydrogen-bond donors (Lipinski definition) is 0. The van der Waals surface area contributed by atoms with Gasteiger partial charge in [-0.1, -0.05) is 0 Å². The van der Waals surface area contributed by atoms with Crippen molar-refractivity contribution in [3.8, 4) is 0 Å². The first-order valence-corrected chi connectivity index (χ1v) is 3.13. The van der Waals surface area contributed by atoms with Crippen LogP contribution in [0.4, 0.5) is 8.78 Å². The molecule has 0 rings (SSSR count). The molecule has 1 amide bonds. The Kier molecular flexibility index (Phi) is 5.95. The number of aliphatic imine (C=N–C) groups is 1. The lowest BCUT2D eigenvalue weighted by molar-refractivity contribution is -0.119. The standard InChI is InChI=1S/C6H7F2NO3/c7-5(8)3-12-2-1-6(11)9-4-10/h5H,1-3H2. The fraction of sp³-hybridized carbons (Fsp3) is 0.667. The van der Waals surface area contributed by atoms with Gasteiger partial charge in [0, 0.05) is 0 Å². The summed E-state index contributed by atoms with van der Waals surface area (Å²) in [5.74, 6) is -0.723. The van der Waals surface area contributed by atoms with Gasteiger partial charge in [-0.3, -0.25) is 4.79 Å². The van der Waals surface area contributed by atoms with Gasteiger partial charge < -0.3 is 4.74 Å². The average Bonchev–Trinajstić information content (AvgIpc) is 1.98.